The van der Waals surface area contributed by atoms with Crippen LogP contribution < -0.4 is 15.4 Å². The molecule has 2 N–H and O–H groups in total. The van der Waals surface area contributed by atoms with Gasteiger partial charge in [0.25, 0.3) is 11.8 Å². The van der Waals surface area contributed by atoms with Crippen LogP contribution in [-0.4, -0.2) is 67.6 Å². The first-order chi connectivity index (χ1) is 18.7. The van der Waals surface area contributed by atoms with Crippen molar-refractivity contribution in [1.29, 1.82) is 0 Å². The van der Waals surface area contributed by atoms with Crippen LogP contribution >= 0.6 is 23.2 Å². The van der Waals surface area contributed by atoms with Gasteiger partial charge in [-0.25, -0.2) is 9.78 Å². The van der Waals surface area contributed by atoms with Crippen molar-refractivity contribution in [2.75, 3.05) is 39.2 Å². The summed E-state index contributed by atoms with van der Waals surface area (Å²) in [6, 6.07) is 16.4. The Labute approximate surface area is 237 Å². The third-order valence-electron chi connectivity index (χ3n) is 5.54. The first kappa shape index (κ1) is 29.7. The minimum Gasteiger partial charge on any atom is -0.494 e. The maximum Gasteiger partial charge on any atom is 0.329 e. The van der Waals surface area contributed by atoms with Crippen LogP contribution in [0.5, 0.6) is 5.75 Å². The molecule has 0 unspecified atom stereocenters. The number of hydrogen-bond donors (Lipinski definition) is 2. The molecule has 3 aromatic rings. The van der Waals surface area contributed by atoms with Crippen LogP contribution in [0.1, 0.15) is 22.3 Å². The van der Waals surface area contributed by atoms with E-state index in [1.54, 1.807) is 50.6 Å². The molecular formula is C28H30Cl2N4O5. The number of halogens is 2. The SMILES string of the molecule is CN(C)C(=O)COC(=O)[C@H](Cc1ccc(OCCCNc2ccccn2)cc1)NC(=O)c1c(Cl)cccc1Cl. The maximum atomic E-state index is 13.0. The lowest BCUT2D eigenvalue weighted by Crippen LogP contribution is -2.44. The lowest BCUT2D eigenvalue weighted by Gasteiger charge is -2.19. The molecule has 0 bridgehead atoms. The van der Waals surface area contributed by atoms with E-state index < -0.39 is 24.5 Å². The number of esters is 1. The van der Waals surface area contributed by atoms with Crippen molar-refractivity contribution in [3.8, 4) is 5.75 Å². The Morgan fingerprint density at radius 2 is 1.69 bits per heavy atom. The van der Waals surface area contributed by atoms with E-state index in [0.29, 0.717) is 18.9 Å². The van der Waals surface area contributed by atoms with Crippen molar-refractivity contribution >= 4 is 46.8 Å². The topological polar surface area (TPSA) is 110 Å². The second-order valence-corrected chi connectivity index (χ2v) is 9.52. The molecule has 9 nitrogen and oxygen atoms in total. The van der Waals surface area contributed by atoms with E-state index >= 15 is 0 Å². The predicted octanol–water partition coefficient (Wildman–Crippen LogP) is 4.24. The van der Waals surface area contributed by atoms with Gasteiger partial charge >= 0.3 is 5.97 Å². The summed E-state index contributed by atoms with van der Waals surface area (Å²) in [6.45, 7) is 0.764. The first-order valence-electron chi connectivity index (χ1n) is 12.2. The minimum atomic E-state index is -1.09. The minimum absolute atomic E-state index is 0.0456. The molecule has 206 valence electrons. The molecule has 11 heteroatoms. The molecule has 3 rings (SSSR count). The Morgan fingerprint density at radius 3 is 2.33 bits per heavy atom. The van der Waals surface area contributed by atoms with Crippen molar-refractivity contribution in [2.45, 2.75) is 18.9 Å². The van der Waals surface area contributed by atoms with Gasteiger partial charge in [-0.3, -0.25) is 9.59 Å². The number of benzene rings is 2. The average Bonchev–Trinajstić information content (AvgIpc) is 2.92. The summed E-state index contributed by atoms with van der Waals surface area (Å²) >= 11 is 12.3. The van der Waals surface area contributed by atoms with Crippen LogP contribution in [0, 0.1) is 0 Å². The molecule has 0 aliphatic carbocycles. The molecule has 1 atom stereocenters. The molecule has 0 saturated carbocycles. The molecular weight excluding hydrogens is 543 g/mol. The third-order valence-corrected chi connectivity index (χ3v) is 6.17. The number of pyridine rings is 1. The summed E-state index contributed by atoms with van der Waals surface area (Å²) in [5.41, 5.74) is 0.787. The molecule has 0 aliphatic rings. The van der Waals surface area contributed by atoms with E-state index in [0.717, 1.165) is 17.8 Å². The Balaban J connectivity index is 1.60. The number of carbonyl (C=O) groups is 3. The van der Waals surface area contributed by atoms with Gasteiger partial charge in [0.15, 0.2) is 6.61 Å². The van der Waals surface area contributed by atoms with E-state index in [9.17, 15) is 14.4 Å². The molecule has 1 heterocycles. The van der Waals surface area contributed by atoms with Gasteiger partial charge in [0.05, 0.1) is 22.2 Å². The summed E-state index contributed by atoms with van der Waals surface area (Å²) in [5.74, 6) is -0.309. The number of aromatic nitrogens is 1. The maximum absolute atomic E-state index is 13.0. The van der Waals surface area contributed by atoms with E-state index in [-0.39, 0.29) is 27.9 Å². The molecule has 0 fully saturated rings. The molecule has 0 aliphatic heterocycles. The molecule has 0 saturated heterocycles. The number of ether oxygens (including phenoxy) is 2. The smallest absolute Gasteiger partial charge is 0.329 e. The quantitative estimate of drug-likeness (QED) is 0.233. The standard InChI is InChI=1S/C28H30Cl2N4O5/c1-34(2)25(35)18-39-28(37)23(33-27(36)26-21(29)7-5-8-22(26)30)17-19-10-12-20(13-11-19)38-16-6-15-32-24-9-3-4-14-31-24/h3-5,7-14,23H,6,15-18H2,1-2H3,(H,31,32)(H,33,36)/t23-/m0/s1. The fourth-order valence-corrected chi connectivity index (χ4v) is 3.97. The predicted molar refractivity (Wildman–Crippen MR) is 150 cm³/mol. The van der Waals surface area contributed by atoms with Gasteiger partial charge < -0.3 is 25.0 Å². The van der Waals surface area contributed by atoms with E-state index in [1.807, 2.05) is 18.2 Å². The highest BCUT2D eigenvalue weighted by molar-refractivity contribution is 6.39. The summed E-state index contributed by atoms with van der Waals surface area (Å²) in [7, 11) is 3.10. The number of rotatable bonds is 13. The Kier molecular flexibility index (Phi) is 11.4. The van der Waals surface area contributed by atoms with Gasteiger partial charge in [0.1, 0.15) is 17.6 Å². The number of amides is 2. The Bertz CT molecular complexity index is 1240. The molecule has 0 radical (unpaired) electrons. The van der Waals surface area contributed by atoms with Crippen molar-refractivity contribution in [3.05, 3.63) is 88.0 Å². The summed E-state index contributed by atoms with van der Waals surface area (Å²) in [5, 5.41) is 6.15. The van der Waals surface area contributed by atoms with E-state index in [2.05, 4.69) is 15.6 Å². The second kappa shape index (κ2) is 14.9. The largest absolute Gasteiger partial charge is 0.494 e. The Hall–Kier alpha value is -3.82. The lowest BCUT2D eigenvalue weighted by atomic mass is 10.0. The highest BCUT2D eigenvalue weighted by atomic mass is 35.5. The van der Waals surface area contributed by atoms with Crippen LogP contribution in [-0.2, 0) is 20.7 Å². The second-order valence-electron chi connectivity index (χ2n) is 8.71. The van der Waals surface area contributed by atoms with Gasteiger partial charge in [-0.15, -0.1) is 0 Å². The fourth-order valence-electron chi connectivity index (χ4n) is 3.40. The van der Waals surface area contributed by atoms with Crippen LogP contribution in [0.2, 0.25) is 10.0 Å². The number of hydrogen-bond acceptors (Lipinski definition) is 7. The fraction of sp³-hybridized carbons (Fsp3) is 0.286. The lowest BCUT2D eigenvalue weighted by molar-refractivity contribution is -0.152. The monoisotopic (exact) mass is 572 g/mol. The van der Waals surface area contributed by atoms with Crippen molar-refractivity contribution < 1.29 is 23.9 Å². The highest BCUT2D eigenvalue weighted by Crippen LogP contribution is 2.24. The van der Waals surface area contributed by atoms with E-state index in [1.165, 1.54) is 17.0 Å². The summed E-state index contributed by atoms with van der Waals surface area (Å²) in [6.07, 6.45) is 2.61. The van der Waals surface area contributed by atoms with Crippen LogP contribution in [0.4, 0.5) is 5.82 Å². The average molecular weight is 573 g/mol. The van der Waals surface area contributed by atoms with Crippen molar-refractivity contribution in [2.24, 2.45) is 0 Å². The van der Waals surface area contributed by atoms with E-state index in [4.69, 9.17) is 32.7 Å². The van der Waals surface area contributed by atoms with Gasteiger partial charge in [0, 0.05) is 33.3 Å². The number of nitrogens with zero attached hydrogens (tertiary/aromatic N) is 2. The van der Waals surface area contributed by atoms with Gasteiger partial charge in [-0.1, -0.05) is 47.5 Å². The molecule has 2 aromatic carbocycles. The molecule has 1 aromatic heterocycles. The number of nitrogens with one attached hydrogen (secondary N) is 2. The zero-order chi connectivity index (χ0) is 28.2. The normalized spacial score (nSPS) is 11.3. The summed E-state index contributed by atoms with van der Waals surface area (Å²) in [4.78, 5) is 43.3. The summed E-state index contributed by atoms with van der Waals surface area (Å²) < 4.78 is 11.0. The Morgan fingerprint density at radius 1 is 0.974 bits per heavy atom. The first-order valence-corrected chi connectivity index (χ1v) is 13.0. The zero-order valence-electron chi connectivity index (χ0n) is 21.7. The zero-order valence-corrected chi connectivity index (χ0v) is 23.2. The molecule has 2 amide bonds. The third kappa shape index (κ3) is 9.46. The van der Waals surface area contributed by atoms with Crippen LogP contribution in [0.25, 0.3) is 0 Å². The van der Waals surface area contributed by atoms with Crippen molar-refractivity contribution in [1.82, 2.24) is 15.2 Å². The molecule has 0 spiro atoms. The number of anilines is 1. The van der Waals surface area contributed by atoms with Crippen LogP contribution in [0.3, 0.4) is 0 Å². The van der Waals surface area contributed by atoms with Gasteiger partial charge in [-0.2, -0.15) is 0 Å². The van der Waals surface area contributed by atoms with Gasteiger partial charge in [-0.05, 0) is 48.4 Å². The number of likely N-dealkylation sites (N-methyl/N-ethyl adjacent to an activating group) is 1. The van der Waals surface area contributed by atoms with Gasteiger partial charge in [0.2, 0.25) is 0 Å². The molecule has 39 heavy (non-hydrogen) atoms. The highest BCUT2D eigenvalue weighted by Gasteiger charge is 2.26. The van der Waals surface area contributed by atoms with Crippen LogP contribution in [0.15, 0.2) is 66.9 Å². The number of carbonyl (C=O) groups excluding carboxylic acids is 3. The van der Waals surface area contributed by atoms with Crippen molar-refractivity contribution in [3.63, 3.8) is 0 Å².